The molecule has 0 heterocycles. The Bertz CT molecular complexity index is 1160. The molecule has 0 saturated heterocycles. The van der Waals surface area contributed by atoms with Crippen molar-refractivity contribution < 1.29 is 27.0 Å². The summed E-state index contributed by atoms with van der Waals surface area (Å²) in [7, 11) is 0. The van der Waals surface area contributed by atoms with Crippen molar-refractivity contribution >= 4 is 0 Å². The summed E-state index contributed by atoms with van der Waals surface area (Å²) in [5, 5.41) is 0. The van der Waals surface area contributed by atoms with Crippen molar-refractivity contribution in [1.82, 2.24) is 0 Å². The van der Waals surface area contributed by atoms with Gasteiger partial charge in [-0.15, -0.1) is 0 Å². The number of aryl methyl sites for hydroxylation is 1. The summed E-state index contributed by atoms with van der Waals surface area (Å²) in [6, 6.07) is 6.78. The molecule has 0 aliphatic heterocycles. The Morgan fingerprint density at radius 2 is 1.19 bits per heavy atom. The predicted octanol–water partition coefficient (Wildman–Crippen LogP) is 10.6. The van der Waals surface area contributed by atoms with Crippen molar-refractivity contribution in [3.8, 4) is 5.75 Å². The molecule has 2 aromatic carbocycles. The van der Waals surface area contributed by atoms with E-state index in [0.717, 1.165) is 76.7 Å². The molecule has 3 fully saturated rings. The van der Waals surface area contributed by atoms with Gasteiger partial charge in [0, 0.05) is 6.61 Å². The van der Waals surface area contributed by atoms with Crippen LogP contribution in [0.4, 0.5) is 17.6 Å². The maximum atomic E-state index is 14.9. The standard InChI is InChI=1S/C36H48F4O2/c1-3-4-21-41-32-20-19-31(35(39)36(32)40)27-12-10-26(11-13-27)25-8-6-24(7-9-25)22-42-29-16-14-28(15-17-29)30-18-5-23(2)33(37)34(30)38/h5,18-20,24-29H,3-4,6-17,21-22H2,1-2H3. The van der Waals surface area contributed by atoms with Crippen LogP contribution in [0.2, 0.25) is 0 Å². The van der Waals surface area contributed by atoms with Crippen LogP contribution in [-0.2, 0) is 4.74 Å². The molecule has 42 heavy (non-hydrogen) atoms. The average Bonchev–Trinajstić information content (AvgIpc) is 3.02. The largest absolute Gasteiger partial charge is 0.490 e. The Balaban J connectivity index is 1.01. The second-order valence-electron chi connectivity index (χ2n) is 13.3. The molecule has 0 aromatic heterocycles. The van der Waals surface area contributed by atoms with Gasteiger partial charge in [0.25, 0.3) is 0 Å². The number of hydrogen-bond acceptors (Lipinski definition) is 2. The highest BCUT2D eigenvalue weighted by molar-refractivity contribution is 5.33. The molecule has 0 unspecified atom stereocenters. The van der Waals surface area contributed by atoms with Crippen molar-refractivity contribution in [1.29, 1.82) is 0 Å². The topological polar surface area (TPSA) is 18.5 Å². The number of halogens is 4. The first-order valence-electron chi connectivity index (χ1n) is 16.5. The Hall–Kier alpha value is -2.08. The highest BCUT2D eigenvalue weighted by Crippen LogP contribution is 2.45. The van der Waals surface area contributed by atoms with Crippen LogP contribution in [0.5, 0.6) is 5.75 Å². The van der Waals surface area contributed by atoms with Crippen LogP contribution in [0.3, 0.4) is 0 Å². The number of benzene rings is 2. The summed E-state index contributed by atoms with van der Waals surface area (Å²) < 4.78 is 69.8. The number of unbranched alkanes of at least 4 members (excludes halogenated alkanes) is 1. The molecular formula is C36H48F4O2. The normalized spacial score (nSPS) is 28.5. The van der Waals surface area contributed by atoms with Crippen LogP contribution in [0, 0.1) is 47.9 Å². The lowest BCUT2D eigenvalue weighted by Crippen LogP contribution is -2.29. The molecule has 0 bridgehead atoms. The molecule has 0 radical (unpaired) electrons. The Morgan fingerprint density at radius 1 is 0.643 bits per heavy atom. The van der Waals surface area contributed by atoms with Gasteiger partial charge in [-0.25, -0.2) is 13.2 Å². The van der Waals surface area contributed by atoms with E-state index in [9.17, 15) is 17.6 Å². The summed E-state index contributed by atoms with van der Waals surface area (Å²) in [5.74, 6) is -0.771. The maximum absolute atomic E-state index is 14.9. The molecule has 3 aliphatic rings. The third kappa shape index (κ3) is 7.34. The second-order valence-corrected chi connectivity index (χ2v) is 13.3. The summed E-state index contributed by atoms with van der Waals surface area (Å²) >= 11 is 0. The zero-order valence-electron chi connectivity index (χ0n) is 25.4. The third-order valence-corrected chi connectivity index (χ3v) is 10.6. The lowest BCUT2D eigenvalue weighted by atomic mass is 9.68. The van der Waals surface area contributed by atoms with Gasteiger partial charge in [0.2, 0.25) is 5.82 Å². The molecule has 0 N–H and O–H groups in total. The van der Waals surface area contributed by atoms with E-state index in [4.69, 9.17) is 9.47 Å². The summed E-state index contributed by atoms with van der Waals surface area (Å²) in [6.45, 7) is 4.85. The lowest BCUT2D eigenvalue weighted by Gasteiger charge is -2.38. The fraction of sp³-hybridized carbons (Fsp3) is 0.667. The van der Waals surface area contributed by atoms with E-state index in [0.29, 0.717) is 35.1 Å². The summed E-state index contributed by atoms with van der Waals surface area (Å²) in [4.78, 5) is 0. The van der Waals surface area contributed by atoms with E-state index in [1.54, 1.807) is 31.2 Å². The molecule has 0 amide bonds. The van der Waals surface area contributed by atoms with Gasteiger partial charge < -0.3 is 9.47 Å². The molecule has 6 heteroatoms. The molecule has 3 aliphatic carbocycles. The van der Waals surface area contributed by atoms with Crippen molar-refractivity contribution in [3.63, 3.8) is 0 Å². The molecule has 2 nitrogen and oxygen atoms in total. The van der Waals surface area contributed by atoms with Crippen molar-refractivity contribution in [2.75, 3.05) is 13.2 Å². The molecule has 0 atom stereocenters. The van der Waals surface area contributed by atoms with E-state index in [1.165, 1.54) is 25.7 Å². The minimum absolute atomic E-state index is 0.0288. The molecule has 5 rings (SSSR count). The first kappa shape index (κ1) is 31.3. The third-order valence-electron chi connectivity index (χ3n) is 10.6. The Labute approximate surface area is 249 Å². The Morgan fingerprint density at radius 3 is 1.81 bits per heavy atom. The second kappa shape index (κ2) is 14.6. The van der Waals surface area contributed by atoms with Crippen LogP contribution < -0.4 is 4.74 Å². The van der Waals surface area contributed by atoms with Gasteiger partial charge in [0.05, 0.1) is 12.7 Å². The molecular weight excluding hydrogens is 540 g/mol. The first-order valence-corrected chi connectivity index (χ1v) is 16.5. The van der Waals surface area contributed by atoms with E-state index in [-0.39, 0.29) is 23.7 Å². The highest BCUT2D eigenvalue weighted by atomic mass is 19.2. The Kier molecular flexibility index (Phi) is 10.9. The van der Waals surface area contributed by atoms with E-state index < -0.39 is 23.3 Å². The molecule has 232 valence electrons. The van der Waals surface area contributed by atoms with Gasteiger partial charge in [-0.3, -0.25) is 0 Å². The first-order chi connectivity index (χ1) is 20.4. The van der Waals surface area contributed by atoms with Gasteiger partial charge in [0.15, 0.2) is 23.2 Å². The van der Waals surface area contributed by atoms with Crippen molar-refractivity contribution in [3.05, 3.63) is 64.2 Å². The molecule has 2 aromatic rings. The SMILES string of the molecule is CCCCOc1ccc(C2CCC(C3CCC(COC4CCC(c5ccc(C)c(F)c5F)CC4)CC3)CC2)c(F)c1F. The van der Waals surface area contributed by atoms with Crippen molar-refractivity contribution in [2.24, 2.45) is 17.8 Å². The summed E-state index contributed by atoms with van der Waals surface area (Å²) in [5.41, 5.74) is 1.39. The monoisotopic (exact) mass is 588 g/mol. The van der Waals surface area contributed by atoms with Gasteiger partial charge in [-0.1, -0.05) is 31.5 Å². The van der Waals surface area contributed by atoms with Gasteiger partial charge in [0.1, 0.15) is 0 Å². The van der Waals surface area contributed by atoms with Crippen LogP contribution in [0.15, 0.2) is 24.3 Å². The number of rotatable bonds is 10. The smallest absolute Gasteiger partial charge is 0.200 e. The zero-order chi connectivity index (χ0) is 29.6. The highest BCUT2D eigenvalue weighted by Gasteiger charge is 2.33. The zero-order valence-corrected chi connectivity index (χ0v) is 25.4. The minimum Gasteiger partial charge on any atom is -0.490 e. The van der Waals surface area contributed by atoms with Gasteiger partial charge >= 0.3 is 0 Å². The fourth-order valence-corrected chi connectivity index (χ4v) is 7.82. The lowest BCUT2D eigenvalue weighted by molar-refractivity contribution is -0.00763. The number of hydrogen-bond donors (Lipinski definition) is 0. The van der Waals surface area contributed by atoms with E-state index in [2.05, 4.69) is 0 Å². The van der Waals surface area contributed by atoms with Crippen LogP contribution in [-0.4, -0.2) is 19.3 Å². The van der Waals surface area contributed by atoms with Crippen LogP contribution >= 0.6 is 0 Å². The molecule has 0 spiro atoms. The average molecular weight is 589 g/mol. The maximum Gasteiger partial charge on any atom is 0.200 e. The fourth-order valence-electron chi connectivity index (χ4n) is 7.82. The quantitative estimate of drug-likeness (QED) is 0.203. The van der Waals surface area contributed by atoms with E-state index >= 15 is 0 Å². The summed E-state index contributed by atoms with van der Waals surface area (Å²) in [6.07, 6.45) is 14.3. The molecule has 3 saturated carbocycles. The van der Waals surface area contributed by atoms with E-state index in [1.807, 2.05) is 6.92 Å². The minimum atomic E-state index is -0.838. The van der Waals surface area contributed by atoms with Crippen molar-refractivity contribution in [2.45, 2.75) is 122 Å². The van der Waals surface area contributed by atoms with Crippen LogP contribution in [0.25, 0.3) is 0 Å². The van der Waals surface area contributed by atoms with Gasteiger partial charge in [-0.05, 0) is 143 Å². The number of ether oxygens (including phenoxy) is 2. The predicted molar refractivity (Wildman–Crippen MR) is 159 cm³/mol. The van der Waals surface area contributed by atoms with Crippen LogP contribution in [0.1, 0.15) is 125 Å². The van der Waals surface area contributed by atoms with Gasteiger partial charge in [-0.2, -0.15) is 4.39 Å².